The number of rotatable bonds is 5. The van der Waals surface area contributed by atoms with Gasteiger partial charge in [-0.15, -0.1) is 6.58 Å². The topological polar surface area (TPSA) is 38.8 Å². The molecule has 0 bridgehead atoms. The molecule has 1 atom stereocenters. The van der Waals surface area contributed by atoms with Gasteiger partial charge in [0.1, 0.15) is 5.75 Å². The number of amides is 1. The molecule has 31 heavy (non-hydrogen) atoms. The van der Waals surface area contributed by atoms with E-state index >= 15 is 0 Å². The molecule has 0 aromatic heterocycles. The molecule has 3 aromatic rings. The summed E-state index contributed by atoms with van der Waals surface area (Å²) in [5.74, 6) is 0.880. The maximum Gasteiger partial charge on any atom is 0.288 e. The van der Waals surface area contributed by atoms with Crippen molar-refractivity contribution in [3.8, 4) is 5.75 Å². The van der Waals surface area contributed by atoms with Crippen molar-refractivity contribution in [1.82, 2.24) is 4.90 Å². The monoisotopic (exact) mass is 415 g/mol. The van der Waals surface area contributed by atoms with Crippen LogP contribution >= 0.6 is 0 Å². The number of carbonyl (C=O) groups excluding carboxylic acids is 1. The van der Waals surface area contributed by atoms with E-state index in [1.807, 2.05) is 11.0 Å². The van der Waals surface area contributed by atoms with Crippen molar-refractivity contribution in [3.05, 3.63) is 77.6 Å². The van der Waals surface area contributed by atoms with Crippen molar-refractivity contribution in [2.24, 2.45) is 0 Å². The predicted molar refractivity (Wildman–Crippen MR) is 126 cm³/mol. The van der Waals surface area contributed by atoms with E-state index in [2.05, 4.69) is 57.3 Å². The third-order valence-electron chi connectivity index (χ3n) is 6.41. The summed E-state index contributed by atoms with van der Waals surface area (Å²) in [5.41, 5.74) is 4.79. The summed E-state index contributed by atoms with van der Waals surface area (Å²) in [6.45, 7) is 12.4. The maximum atomic E-state index is 13.1. The van der Waals surface area contributed by atoms with Gasteiger partial charge in [-0.2, -0.15) is 0 Å². The molecule has 1 aliphatic rings. The largest absolute Gasteiger partial charge is 0.496 e. The molecule has 3 aromatic carbocycles. The number of hydrogen-bond acceptors (Lipinski definition) is 3. The van der Waals surface area contributed by atoms with E-state index in [1.165, 1.54) is 45.3 Å². The van der Waals surface area contributed by atoms with Crippen molar-refractivity contribution in [1.29, 1.82) is 0 Å². The van der Waals surface area contributed by atoms with Crippen LogP contribution in [0.15, 0.2) is 55.3 Å². The second kappa shape index (κ2) is 8.10. The molecule has 160 valence electrons. The lowest BCUT2D eigenvalue weighted by Gasteiger charge is -2.38. The first-order valence-corrected chi connectivity index (χ1v) is 10.6. The summed E-state index contributed by atoms with van der Waals surface area (Å²) in [4.78, 5) is 15.0. The molecule has 1 aliphatic heterocycles. The van der Waals surface area contributed by atoms with Crippen molar-refractivity contribution in [2.75, 3.05) is 14.2 Å². The molecule has 1 amide bonds. The fraction of sp³-hybridized carbons (Fsp3) is 0.296. The van der Waals surface area contributed by atoms with Gasteiger partial charge in [0.15, 0.2) is 5.76 Å². The number of methoxy groups -OCH3 is 2. The lowest BCUT2D eigenvalue weighted by Crippen LogP contribution is -2.45. The van der Waals surface area contributed by atoms with Crippen LogP contribution in [0.1, 0.15) is 28.7 Å². The SMILES string of the molecule is C=CC[C@@H]1Cc2c(c3ccc(C)cc3c3cc(C)c(OC)cc23)CN1C(=O)C(=C)OC. The minimum Gasteiger partial charge on any atom is -0.496 e. The molecule has 0 fully saturated rings. The van der Waals surface area contributed by atoms with Crippen LogP contribution in [0.5, 0.6) is 5.75 Å². The molecular weight excluding hydrogens is 386 g/mol. The molecule has 0 spiro atoms. The smallest absolute Gasteiger partial charge is 0.288 e. The zero-order valence-electron chi connectivity index (χ0n) is 18.7. The molecule has 4 rings (SSSR count). The average Bonchev–Trinajstić information content (AvgIpc) is 2.77. The van der Waals surface area contributed by atoms with E-state index in [9.17, 15) is 4.79 Å². The van der Waals surface area contributed by atoms with Gasteiger partial charge in [-0.05, 0) is 77.1 Å². The van der Waals surface area contributed by atoms with Crippen LogP contribution < -0.4 is 4.74 Å². The predicted octanol–water partition coefficient (Wildman–Crippen LogP) is 5.61. The summed E-state index contributed by atoms with van der Waals surface area (Å²) < 4.78 is 10.8. The van der Waals surface area contributed by atoms with Crippen molar-refractivity contribution < 1.29 is 14.3 Å². The standard InChI is InChI=1S/C27H29NO3/c1-7-8-19-13-23-24-14-26(31-6)17(3)12-22(24)21-11-16(2)9-10-20(21)25(23)15-28(19)27(29)18(4)30-5/h7,9-12,14,19H,1,4,8,13,15H2,2-3,5-6H3/t19-/m1/s1. The Labute approximate surface area is 183 Å². The Morgan fingerprint density at radius 1 is 1.10 bits per heavy atom. The summed E-state index contributed by atoms with van der Waals surface area (Å²) in [6, 6.07) is 10.9. The highest BCUT2D eigenvalue weighted by Crippen LogP contribution is 2.41. The van der Waals surface area contributed by atoms with Crippen molar-refractivity contribution in [2.45, 2.75) is 39.3 Å². The first-order valence-electron chi connectivity index (χ1n) is 10.6. The maximum absolute atomic E-state index is 13.1. The van der Waals surface area contributed by atoms with Gasteiger partial charge in [0.2, 0.25) is 0 Å². The first-order chi connectivity index (χ1) is 14.9. The molecule has 0 radical (unpaired) electrons. The van der Waals surface area contributed by atoms with Gasteiger partial charge in [-0.25, -0.2) is 0 Å². The van der Waals surface area contributed by atoms with Crippen LogP contribution in [-0.4, -0.2) is 31.1 Å². The molecule has 0 saturated carbocycles. The Balaban J connectivity index is 2.03. The fourth-order valence-corrected chi connectivity index (χ4v) is 4.80. The molecular formula is C27H29NO3. The summed E-state index contributed by atoms with van der Waals surface area (Å²) in [7, 11) is 3.20. The van der Waals surface area contributed by atoms with Crippen LogP contribution in [0.25, 0.3) is 21.5 Å². The third-order valence-corrected chi connectivity index (χ3v) is 6.41. The average molecular weight is 416 g/mol. The van der Waals surface area contributed by atoms with Crippen molar-refractivity contribution in [3.63, 3.8) is 0 Å². The number of aryl methyl sites for hydroxylation is 2. The summed E-state index contributed by atoms with van der Waals surface area (Å²) >= 11 is 0. The Hall–Kier alpha value is -3.27. The zero-order valence-corrected chi connectivity index (χ0v) is 18.7. The molecule has 0 saturated heterocycles. The third kappa shape index (κ3) is 3.46. The molecule has 1 heterocycles. The van der Waals surface area contributed by atoms with Gasteiger partial charge in [0, 0.05) is 12.6 Å². The van der Waals surface area contributed by atoms with Gasteiger partial charge in [0.25, 0.3) is 5.91 Å². The van der Waals surface area contributed by atoms with Gasteiger partial charge in [-0.3, -0.25) is 4.79 Å². The number of benzene rings is 3. The highest BCUT2D eigenvalue weighted by Gasteiger charge is 2.33. The lowest BCUT2D eigenvalue weighted by atomic mass is 9.83. The van der Waals surface area contributed by atoms with Gasteiger partial charge < -0.3 is 14.4 Å². The van der Waals surface area contributed by atoms with E-state index in [0.29, 0.717) is 13.0 Å². The molecule has 0 unspecified atom stereocenters. The van der Waals surface area contributed by atoms with E-state index in [0.717, 1.165) is 17.7 Å². The van der Waals surface area contributed by atoms with Gasteiger partial charge in [0.05, 0.1) is 14.2 Å². The van der Waals surface area contributed by atoms with E-state index in [1.54, 1.807) is 7.11 Å². The van der Waals surface area contributed by atoms with Crippen LogP contribution in [-0.2, 0) is 22.5 Å². The molecule has 0 aliphatic carbocycles. The minimum absolute atomic E-state index is 0.00259. The van der Waals surface area contributed by atoms with E-state index < -0.39 is 0 Å². The number of nitrogens with zero attached hydrogens (tertiary/aromatic N) is 1. The molecule has 0 N–H and O–H groups in total. The number of hydrogen-bond donors (Lipinski definition) is 0. The highest BCUT2D eigenvalue weighted by molar-refractivity contribution is 6.12. The Kier molecular flexibility index (Phi) is 5.48. The number of fused-ring (bicyclic) bond motifs is 6. The highest BCUT2D eigenvalue weighted by atomic mass is 16.5. The summed E-state index contributed by atoms with van der Waals surface area (Å²) in [6.07, 6.45) is 3.33. The van der Waals surface area contributed by atoms with Crippen LogP contribution in [0.3, 0.4) is 0 Å². The Bertz CT molecular complexity index is 1220. The zero-order chi connectivity index (χ0) is 22.3. The van der Waals surface area contributed by atoms with Crippen LogP contribution in [0.4, 0.5) is 0 Å². The summed E-state index contributed by atoms with van der Waals surface area (Å²) in [5, 5.41) is 4.83. The number of ether oxygens (including phenoxy) is 2. The Morgan fingerprint density at radius 3 is 2.52 bits per heavy atom. The first kappa shape index (κ1) is 21.0. The van der Waals surface area contributed by atoms with E-state index in [4.69, 9.17) is 9.47 Å². The normalized spacial score (nSPS) is 15.6. The van der Waals surface area contributed by atoms with Crippen LogP contribution in [0.2, 0.25) is 0 Å². The van der Waals surface area contributed by atoms with Gasteiger partial charge >= 0.3 is 0 Å². The van der Waals surface area contributed by atoms with Gasteiger partial charge in [-0.1, -0.05) is 36.4 Å². The molecule has 4 nitrogen and oxygen atoms in total. The second-order valence-corrected chi connectivity index (χ2v) is 8.32. The minimum atomic E-state index is -0.165. The lowest BCUT2D eigenvalue weighted by molar-refractivity contribution is -0.133. The van der Waals surface area contributed by atoms with E-state index in [-0.39, 0.29) is 17.7 Å². The Morgan fingerprint density at radius 2 is 1.84 bits per heavy atom. The second-order valence-electron chi connectivity index (χ2n) is 8.32. The van der Waals surface area contributed by atoms with Crippen molar-refractivity contribution >= 4 is 27.5 Å². The quantitative estimate of drug-likeness (QED) is 0.235. The van der Waals surface area contributed by atoms with Crippen LogP contribution in [0, 0.1) is 13.8 Å². The molecule has 4 heteroatoms. The number of carbonyl (C=O) groups is 1. The fourth-order valence-electron chi connectivity index (χ4n) is 4.80.